The first kappa shape index (κ1) is 17.5. The van der Waals surface area contributed by atoms with E-state index in [1.807, 2.05) is 17.1 Å². The lowest BCUT2D eigenvalue weighted by atomic mass is 9.76. The summed E-state index contributed by atoms with van der Waals surface area (Å²) in [6.45, 7) is 6.56. The van der Waals surface area contributed by atoms with Crippen LogP contribution in [0.5, 0.6) is 0 Å². The average molecular weight is 361 g/mol. The molecule has 4 aliphatic rings. The molecule has 4 atom stereocenters. The maximum absolute atomic E-state index is 13.2. The van der Waals surface area contributed by atoms with Crippen LogP contribution >= 0.6 is 0 Å². The van der Waals surface area contributed by atoms with Crippen LogP contribution in [0.4, 0.5) is 0 Å². The van der Waals surface area contributed by atoms with Gasteiger partial charge in [-0.1, -0.05) is 38.8 Å². The first-order chi connectivity index (χ1) is 12.5. The zero-order valence-corrected chi connectivity index (χ0v) is 15.4. The van der Waals surface area contributed by atoms with Gasteiger partial charge in [-0.15, -0.1) is 0 Å². The molecule has 2 unspecified atom stereocenters. The number of nitrogens with zero attached hydrogens (tertiary/aromatic N) is 2. The van der Waals surface area contributed by atoms with E-state index in [-0.39, 0.29) is 30.4 Å². The highest BCUT2D eigenvalue weighted by molar-refractivity contribution is 5.94. The topological polar surface area (TPSA) is 79.0 Å². The van der Waals surface area contributed by atoms with Crippen molar-refractivity contribution in [1.82, 2.24) is 15.1 Å². The summed E-state index contributed by atoms with van der Waals surface area (Å²) in [5, 5.41) is 2.73. The summed E-state index contributed by atoms with van der Waals surface area (Å²) in [6, 6.07) is 0. The Morgan fingerprint density at radius 1 is 1.38 bits per heavy atom. The van der Waals surface area contributed by atoms with Crippen molar-refractivity contribution in [3.8, 4) is 0 Å². The maximum atomic E-state index is 13.2. The van der Waals surface area contributed by atoms with Gasteiger partial charge < -0.3 is 19.9 Å². The predicted molar refractivity (Wildman–Crippen MR) is 94.0 cm³/mol. The van der Waals surface area contributed by atoms with Crippen LogP contribution in [0.25, 0.3) is 0 Å². The molecule has 7 nitrogen and oxygen atoms in total. The third-order valence-corrected chi connectivity index (χ3v) is 6.45. The van der Waals surface area contributed by atoms with Crippen LogP contribution in [-0.2, 0) is 19.1 Å². The van der Waals surface area contributed by atoms with Crippen molar-refractivity contribution in [2.45, 2.75) is 38.4 Å². The van der Waals surface area contributed by atoms with Crippen LogP contribution < -0.4 is 5.32 Å². The maximum Gasteiger partial charge on any atom is 0.239 e. The van der Waals surface area contributed by atoms with E-state index in [9.17, 15) is 14.4 Å². The minimum Gasteiger partial charge on any atom is -0.360 e. The van der Waals surface area contributed by atoms with Gasteiger partial charge in [0.2, 0.25) is 17.7 Å². The molecule has 0 radical (unpaired) electrons. The summed E-state index contributed by atoms with van der Waals surface area (Å²) in [5.74, 6) is -0.737. The lowest BCUT2D eigenvalue weighted by Gasteiger charge is -2.32. The summed E-state index contributed by atoms with van der Waals surface area (Å²) in [4.78, 5) is 41.4. The lowest BCUT2D eigenvalue weighted by Crippen LogP contribution is -2.54. The molecule has 26 heavy (non-hydrogen) atoms. The third-order valence-electron chi connectivity index (χ3n) is 6.45. The minimum absolute atomic E-state index is 0.0311. The molecule has 4 aliphatic heterocycles. The standard InChI is InChI=1S/C19H27N3O4/c1-3-12(4-2)9-22-11-19-6-5-13(26-19)15(16(19)18(22)25)17(24)21-8-7-20-14(23)10-21/h5-6,12-13,15-16H,3-4,7-11H2,1-2H3,(H,20,23)/t13-,15?,16?,19-/m0/s1. The van der Waals surface area contributed by atoms with Crippen molar-refractivity contribution in [2.75, 3.05) is 32.7 Å². The van der Waals surface area contributed by atoms with E-state index < -0.39 is 17.4 Å². The Kier molecular flexibility index (Phi) is 4.29. The molecule has 0 aromatic rings. The van der Waals surface area contributed by atoms with E-state index in [1.54, 1.807) is 4.90 Å². The molecule has 0 aliphatic carbocycles. The number of rotatable bonds is 5. The van der Waals surface area contributed by atoms with E-state index in [2.05, 4.69) is 19.2 Å². The fraction of sp³-hybridized carbons (Fsp3) is 0.737. The van der Waals surface area contributed by atoms with Crippen LogP contribution in [0, 0.1) is 17.8 Å². The Hall–Kier alpha value is -1.89. The molecule has 1 N–H and O–H groups in total. The van der Waals surface area contributed by atoms with Crippen molar-refractivity contribution in [1.29, 1.82) is 0 Å². The number of carbonyl (C=O) groups excluding carboxylic acids is 3. The summed E-state index contributed by atoms with van der Waals surface area (Å²) in [5.41, 5.74) is -0.661. The Morgan fingerprint density at radius 3 is 2.85 bits per heavy atom. The molecule has 0 saturated carbocycles. The highest BCUT2D eigenvalue weighted by Crippen LogP contribution is 2.52. The lowest BCUT2D eigenvalue weighted by molar-refractivity contribution is -0.146. The van der Waals surface area contributed by atoms with Gasteiger partial charge >= 0.3 is 0 Å². The first-order valence-electron chi connectivity index (χ1n) is 9.70. The van der Waals surface area contributed by atoms with Gasteiger partial charge in [-0.05, 0) is 5.92 Å². The Bertz CT molecular complexity index is 659. The van der Waals surface area contributed by atoms with Gasteiger partial charge in [-0.2, -0.15) is 0 Å². The number of fused-ring (bicyclic) bond motifs is 1. The number of hydrogen-bond donors (Lipinski definition) is 1. The van der Waals surface area contributed by atoms with Crippen molar-refractivity contribution < 1.29 is 19.1 Å². The molecular formula is C19H27N3O4. The van der Waals surface area contributed by atoms with Crippen molar-refractivity contribution in [3.63, 3.8) is 0 Å². The molecular weight excluding hydrogens is 334 g/mol. The molecule has 4 rings (SSSR count). The Morgan fingerprint density at radius 2 is 2.15 bits per heavy atom. The van der Waals surface area contributed by atoms with Crippen molar-refractivity contribution in [3.05, 3.63) is 12.2 Å². The van der Waals surface area contributed by atoms with Gasteiger partial charge in [0.05, 0.1) is 31.0 Å². The first-order valence-corrected chi connectivity index (χ1v) is 9.70. The van der Waals surface area contributed by atoms with Gasteiger partial charge in [0.25, 0.3) is 0 Å². The van der Waals surface area contributed by atoms with Crippen molar-refractivity contribution in [2.24, 2.45) is 17.8 Å². The summed E-state index contributed by atoms with van der Waals surface area (Å²) in [6.07, 6.45) is 5.62. The summed E-state index contributed by atoms with van der Waals surface area (Å²) in [7, 11) is 0. The second-order valence-electron chi connectivity index (χ2n) is 7.91. The van der Waals surface area contributed by atoms with E-state index in [0.29, 0.717) is 25.6 Å². The van der Waals surface area contributed by atoms with Gasteiger partial charge in [0.1, 0.15) is 5.60 Å². The van der Waals surface area contributed by atoms with Crippen molar-refractivity contribution >= 4 is 17.7 Å². The number of likely N-dealkylation sites (tertiary alicyclic amines) is 1. The molecule has 3 amide bonds. The van der Waals surface area contributed by atoms with Crippen LogP contribution in [-0.4, -0.2) is 72.0 Å². The highest BCUT2D eigenvalue weighted by atomic mass is 16.5. The van der Waals surface area contributed by atoms with E-state index in [1.165, 1.54) is 0 Å². The molecule has 7 heteroatoms. The van der Waals surface area contributed by atoms with Gasteiger partial charge in [0, 0.05) is 19.6 Å². The zero-order chi connectivity index (χ0) is 18.5. The predicted octanol–water partition coefficient (Wildman–Crippen LogP) is 0.163. The smallest absolute Gasteiger partial charge is 0.239 e. The molecule has 0 aromatic heterocycles. The number of carbonyl (C=O) groups is 3. The number of nitrogens with one attached hydrogen (secondary N) is 1. The highest BCUT2D eigenvalue weighted by Gasteiger charge is 2.67. The minimum atomic E-state index is -0.661. The van der Waals surface area contributed by atoms with Crippen LogP contribution in [0.2, 0.25) is 0 Å². The molecule has 3 fully saturated rings. The number of piperazine rings is 1. The third kappa shape index (κ3) is 2.55. The normalized spacial score (nSPS) is 35.4. The average Bonchev–Trinajstić information content (AvgIpc) is 3.27. The van der Waals surface area contributed by atoms with Crippen LogP contribution in [0.3, 0.4) is 0 Å². The molecule has 4 heterocycles. The number of ether oxygens (including phenoxy) is 1. The fourth-order valence-corrected chi connectivity index (χ4v) is 4.91. The summed E-state index contributed by atoms with van der Waals surface area (Å²) >= 11 is 0. The number of hydrogen-bond acceptors (Lipinski definition) is 4. The second kappa shape index (κ2) is 6.37. The molecule has 0 aromatic carbocycles. The van der Waals surface area contributed by atoms with E-state index in [4.69, 9.17) is 4.74 Å². The van der Waals surface area contributed by atoms with Gasteiger partial charge in [-0.25, -0.2) is 0 Å². The second-order valence-corrected chi connectivity index (χ2v) is 7.91. The van der Waals surface area contributed by atoms with E-state index >= 15 is 0 Å². The quantitative estimate of drug-likeness (QED) is 0.708. The van der Waals surface area contributed by atoms with Crippen LogP contribution in [0.1, 0.15) is 26.7 Å². The van der Waals surface area contributed by atoms with Gasteiger partial charge in [0.15, 0.2) is 0 Å². The largest absolute Gasteiger partial charge is 0.360 e. The molecule has 3 saturated heterocycles. The summed E-state index contributed by atoms with van der Waals surface area (Å²) < 4.78 is 6.16. The number of amides is 3. The monoisotopic (exact) mass is 361 g/mol. The molecule has 142 valence electrons. The zero-order valence-electron chi connectivity index (χ0n) is 15.4. The molecule has 1 spiro atoms. The van der Waals surface area contributed by atoms with E-state index in [0.717, 1.165) is 19.4 Å². The Balaban J connectivity index is 1.55. The van der Waals surface area contributed by atoms with Gasteiger partial charge in [-0.3, -0.25) is 14.4 Å². The SMILES string of the molecule is CCC(CC)CN1C[C@]23C=C[C@H](O2)C(C(=O)N2CCNC(=O)C2)C3C1=O. The molecule has 2 bridgehead atoms. The van der Waals surface area contributed by atoms with Crippen LogP contribution in [0.15, 0.2) is 12.2 Å². The Labute approximate surface area is 153 Å². The fourth-order valence-electron chi connectivity index (χ4n) is 4.91.